The first-order chi connectivity index (χ1) is 9.64. The van der Waals surface area contributed by atoms with Gasteiger partial charge in [0.15, 0.2) is 0 Å². The van der Waals surface area contributed by atoms with Crippen LogP contribution in [0.15, 0.2) is 23.9 Å². The van der Waals surface area contributed by atoms with Gasteiger partial charge >= 0.3 is 0 Å². The van der Waals surface area contributed by atoms with Crippen molar-refractivity contribution < 1.29 is 9.39 Å². The van der Waals surface area contributed by atoms with Crippen molar-refractivity contribution in [1.82, 2.24) is 5.01 Å². The van der Waals surface area contributed by atoms with Gasteiger partial charge < -0.3 is 5.73 Å². The van der Waals surface area contributed by atoms with Gasteiger partial charge in [0.25, 0.3) is 0 Å². The Morgan fingerprint density at radius 2 is 2.10 bits per heavy atom. The molecule has 4 heteroatoms. The number of allylic oxidation sites excluding steroid dienone is 3. The molecule has 0 aromatic heterocycles. The van der Waals surface area contributed by atoms with E-state index in [1.54, 1.807) is 0 Å². The molecule has 110 valence electrons. The summed E-state index contributed by atoms with van der Waals surface area (Å²) in [6.07, 6.45) is 12.6. The summed E-state index contributed by atoms with van der Waals surface area (Å²) in [5.74, 6) is -0.113. The zero-order valence-corrected chi connectivity index (χ0v) is 12.4. The maximum Gasteiger partial charge on any atom is 0.226 e. The molecule has 0 radical (unpaired) electrons. The van der Waals surface area contributed by atoms with Crippen LogP contribution in [0.5, 0.6) is 0 Å². The zero-order chi connectivity index (χ0) is 14.2. The highest BCUT2D eigenvalue weighted by Crippen LogP contribution is 2.41. The van der Waals surface area contributed by atoms with Gasteiger partial charge in [-0.1, -0.05) is 6.08 Å². The zero-order valence-electron chi connectivity index (χ0n) is 12.4. The van der Waals surface area contributed by atoms with Crippen LogP contribution in [0.3, 0.4) is 0 Å². The molecule has 1 aliphatic carbocycles. The number of quaternary nitrogens is 1. The molecule has 0 saturated carbocycles. The number of carbonyl (C=O) groups is 1. The second-order valence-electron chi connectivity index (χ2n) is 6.46. The van der Waals surface area contributed by atoms with E-state index in [9.17, 15) is 4.79 Å². The van der Waals surface area contributed by atoms with Crippen molar-refractivity contribution in [3.63, 3.8) is 0 Å². The smallest absolute Gasteiger partial charge is 0.226 e. The van der Waals surface area contributed by atoms with Crippen molar-refractivity contribution in [3.05, 3.63) is 23.9 Å². The highest BCUT2D eigenvalue weighted by Gasteiger charge is 2.53. The summed E-state index contributed by atoms with van der Waals surface area (Å²) in [6.45, 7) is 5.42. The third kappa shape index (κ3) is 2.11. The molecule has 0 bridgehead atoms. The first-order valence-electron chi connectivity index (χ1n) is 7.94. The van der Waals surface area contributed by atoms with Crippen molar-refractivity contribution in [2.75, 3.05) is 19.6 Å². The highest BCUT2D eigenvalue weighted by atomic mass is 16.1. The van der Waals surface area contributed by atoms with Crippen LogP contribution in [0.1, 0.15) is 39.0 Å². The minimum absolute atomic E-state index is 0.0156. The van der Waals surface area contributed by atoms with Gasteiger partial charge in [0, 0.05) is 19.5 Å². The summed E-state index contributed by atoms with van der Waals surface area (Å²) in [6, 6.07) is 0.444. The Morgan fingerprint density at radius 3 is 2.65 bits per heavy atom. The number of amides is 1. The number of nitrogens with two attached hydrogens (primary N) is 1. The van der Waals surface area contributed by atoms with E-state index in [4.69, 9.17) is 5.73 Å². The van der Waals surface area contributed by atoms with Gasteiger partial charge in [-0.3, -0.25) is 4.79 Å². The highest BCUT2D eigenvalue weighted by molar-refractivity contribution is 5.77. The van der Waals surface area contributed by atoms with Crippen molar-refractivity contribution in [3.8, 4) is 0 Å². The minimum atomic E-state index is -0.128. The Kier molecular flexibility index (Phi) is 3.69. The summed E-state index contributed by atoms with van der Waals surface area (Å²) in [5, 5.41) is 2.58. The van der Waals surface area contributed by atoms with Crippen LogP contribution in [-0.4, -0.2) is 41.2 Å². The largest absolute Gasteiger partial charge is 0.369 e. The van der Waals surface area contributed by atoms with Gasteiger partial charge in [-0.05, 0) is 44.8 Å². The number of nitrogens with zero attached hydrogens (tertiary/aromatic N) is 2. The van der Waals surface area contributed by atoms with Gasteiger partial charge in [0.1, 0.15) is 18.3 Å². The van der Waals surface area contributed by atoms with Gasteiger partial charge in [-0.25, -0.2) is 4.59 Å². The van der Waals surface area contributed by atoms with Crippen LogP contribution in [0.4, 0.5) is 0 Å². The van der Waals surface area contributed by atoms with E-state index in [1.165, 1.54) is 18.5 Å². The fraction of sp³-hybridized carbons (Fsp3) is 0.688. The first-order valence-corrected chi connectivity index (χ1v) is 7.94. The Morgan fingerprint density at radius 1 is 1.35 bits per heavy atom. The SMILES string of the molecule is CC1CC(C(N)=O)C[N+]1(C1=CCCC=C1)N1CCCC1. The molecule has 2 fully saturated rings. The lowest BCUT2D eigenvalue weighted by Crippen LogP contribution is -2.60. The van der Waals surface area contributed by atoms with Crippen molar-refractivity contribution >= 4 is 5.91 Å². The number of likely N-dealkylation sites (tertiary alicyclic amines) is 1. The molecule has 3 aliphatic rings. The lowest BCUT2D eigenvalue weighted by Gasteiger charge is -2.45. The molecule has 2 saturated heterocycles. The monoisotopic (exact) mass is 276 g/mol. The summed E-state index contributed by atoms with van der Waals surface area (Å²) in [7, 11) is 0. The predicted octanol–water partition coefficient (Wildman–Crippen LogP) is 1.94. The van der Waals surface area contributed by atoms with Crippen LogP contribution < -0.4 is 5.73 Å². The molecule has 3 atom stereocenters. The fourth-order valence-corrected chi connectivity index (χ4v) is 4.24. The average molecular weight is 276 g/mol. The molecule has 2 N–H and O–H groups in total. The minimum Gasteiger partial charge on any atom is -0.369 e. The van der Waals surface area contributed by atoms with Crippen molar-refractivity contribution in [2.45, 2.75) is 45.1 Å². The van der Waals surface area contributed by atoms with Gasteiger partial charge in [0.05, 0.1) is 5.92 Å². The van der Waals surface area contributed by atoms with Crippen LogP contribution in [-0.2, 0) is 4.79 Å². The summed E-state index contributed by atoms with van der Waals surface area (Å²) in [5.41, 5.74) is 6.99. The average Bonchev–Trinajstić information content (AvgIpc) is 3.08. The van der Waals surface area contributed by atoms with E-state index in [0.717, 1.165) is 43.5 Å². The van der Waals surface area contributed by atoms with E-state index < -0.39 is 0 Å². The number of hydrogen-bond acceptors (Lipinski definition) is 2. The Balaban J connectivity index is 1.97. The second-order valence-corrected chi connectivity index (χ2v) is 6.46. The molecule has 2 heterocycles. The molecule has 0 aromatic rings. The van der Waals surface area contributed by atoms with Gasteiger partial charge in [-0.15, -0.1) is 5.01 Å². The molecule has 1 amide bonds. The maximum absolute atomic E-state index is 11.7. The standard InChI is InChI=1S/C16H25N3O/c1-13-11-14(16(17)20)12-19(13,18-9-5-6-10-18)15-7-3-2-4-8-15/h3,7-8,13-14H,2,4-6,9-12H2,1H3,(H-,17,20)/p+1. The molecule has 3 unspecified atom stereocenters. The Bertz CT molecular complexity index is 451. The normalized spacial score (nSPS) is 38.1. The number of primary amides is 1. The lowest BCUT2D eigenvalue weighted by molar-refractivity contribution is -1.01. The quantitative estimate of drug-likeness (QED) is 0.801. The van der Waals surface area contributed by atoms with Crippen molar-refractivity contribution in [1.29, 1.82) is 0 Å². The first kappa shape index (κ1) is 13.8. The third-order valence-electron chi connectivity index (χ3n) is 5.27. The van der Waals surface area contributed by atoms with Crippen LogP contribution in [0, 0.1) is 5.92 Å². The van der Waals surface area contributed by atoms with Crippen LogP contribution in [0.2, 0.25) is 0 Å². The summed E-state index contributed by atoms with van der Waals surface area (Å²) >= 11 is 0. The second kappa shape index (κ2) is 5.34. The number of carbonyl (C=O) groups excluding carboxylic acids is 1. The summed E-state index contributed by atoms with van der Waals surface area (Å²) < 4.78 is 0.865. The molecule has 0 spiro atoms. The van der Waals surface area contributed by atoms with Gasteiger partial charge in [-0.2, -0.15) is 0 Å². The predicted molar refractivity (Wildman–Crippen MR) is 79.2 cm³/mol. The lowest BCUT2D eigenvalue weighted by atomic mass is 10.1. The molecular formula is C16H26N3O+. The van der Waals surface area contributed by atoms with Crippen LogP contribution >= 0.6 is 0 Å². The van der Waals surface area contributed by atoms with E-state index >= 15 is 0 Å². The Labute approximate surface area is 121 Å². The van der Waals surface area contributed by atoms with E-state index in [-0.39, 0.29) is 11.8 Å². The maximum atomic E-state index is 11.7. The Hall–Kier alpha value is -1.13. The van der Waals surface area contributed by atoms with E-state index in [0.29, 0.717) is 6.04 Å². The van der Waals surface area contributed by atoms with E-state index in [1.807, 2.05) is 0 Å². The summed E-state index contributed by atoms with van der Waals surface area (Å²) in [4.78, 5) is 11.7. The molecule has 2 aliphatic heterocycles. The molecule has 0 aromatic carbocycles. The number of hydrogen-bond donors (Lipinski definition) is 1. The fourth-order valence-electron chi connectivity index (χ4n) is 4.24. The molecule has 3 rings (SSSR count). The van der Waals surface area contributed by atoms with E-state index in [2.05, 4.69) is 30.2 Å². The molecule has 4 nitrogen and oxygen atoms in total. The third-order valence-corrected chi connectivity index (χ3v) is 5.27. The molecule has 20 heavy (non-hydrogen) atoms. The van der Waals surface area contributed by atoms with Crippen LogP contribution in [0.25, 0.3) is 0 Å². The van der Waals surface area contributed by atoms with Gasteiger partial charge in [0.2, 0.25) is 5.91 Å². The molecular weight excluding hydrogens is 250 g/mol. The topological polar surface area (TPSA) is 46.3 Å². The number of rotatable bonds is 3. The van der Waals surface area contributed by atoms with Crippen molar-refractivity contribution in [2.24, 2.45) is 11.7 Å².